The quantitative estimate of drug-likeness (QED) is 0.506. The molecule has 1 fully saturated rings. The van der Waals surface area contributed by atoms with Crippen LogP contribution in [-0.2, 0) is 9.53 Å². The zero-order chi connectivity index (χ0) is 16.2. The van der Waals surface area contributed by atoms with Crippen LogP contribution in [0.5, 0.6) is 0 Å². The van der Waals surface area contributed by atoms with Crippen LogP contribution < -0.4 is 10.6 Å². The smallest absolute Gasteiger partial charge is 0.320 e. The van der Waals surface area contributed by atoms with E-state index in [1.807, 2.05) is 20.8 Å². The van der Waals surface area contributed by atoms with Crippen LogP contribution in [0, 0.1) is 0 Å². The molecule has 1 heterocycles. The van der Waals surface area contributed by atoms with E-state index < -0.39 is 5.60 Å². The highest BCUT2D eigenvalue weighted by molar-refractivity contribution is 14.0. The van der Waals surface area contributed by atoms with Gasteiger partial charge in [0.05, 0.1) is 6.54 Å². The molecule has 134 valence electrons. The fourth-order valence-electron chi connectivity index (χ4n) is 2.87. The molecule has 2 rings (SSSR count). The molecule has 0 amide bonds. The number of esters is 1. The third-order valence-electron chi connectivity index (χ3n) is 4.03. The molecule has 0 bridgehead atoms. The number of guanidine groups is 1. The lowest BCUT2D eigenvalue weighted by Crippen LogP contribution is -2.57. The van der Waals surface area contributed by atoms with Gasteiger partial charge in [0.2, 0.25) is 0 Å². The highest BCUT2D eigenvalue weighted by atomic mass is 127. The van der Waals surface area contributed by atoms with Crippen molar-refractivity contribution in [3.05, 3.63) is 0 Å². The predicted octanol–water partition coefficient (Wildman–Crippen LogP) is 1.74. The summed E-state index contributed by atoms with van der Waals surface area (Å²) in [7, 11) is 0. The molecule has 1 aliphatic carbocycles. The molecular weight excluding hydrogens is 407 g/mol. The highest BCUT2D eigenvalue weighted by Crippen LogP contribution is 2.26. The van der Waals surface area contributed by atoms with Crippen molar-refractivity contribution >= 4 is 35.9 Å². The van der Waals surface area contributed by atoms with Crippen LogP contribution in [0.2, 0.25) is 0 Å². The molecule has 0 aromatic heterocycles. The Morgan fingerprint density at radius 1 is 1.43 bits per heavy atom. The average molecular weight is 438 g/mol. The van der Waals surface area contributed by atoms with Crippen LogP contribution in [0.15, 0.2) is 4.99 Å². The zero-order valence-corrected chi connectivity index (χ0v) is 17.1. The number of aliphatic imine (C=N–C) groups is 1. The Hall–Kier alpha value is -0.570. The van der Waals surface area contributed by atoms with Gasteiger partial charge in [-0.05, 0) is 46.6 Å². The minimum atomic E-state index is -0.412. The number of nitrogens with one attached hydrogen (secondary N) is 2. The van der Waals surface area contributed by atoms with Crippen molar-refractivity contribution in [3.63, 3.8) is 0 Å². The fraction of sp³-hybridized carbons (Fsp3) is 0.875. The topological polar surface area (TPSA) is 66.0 Å². The molecule has 2 N–H and O–H groups in total. The molecule has 2 aliphatic rings. The van der Waals surface area contributed by atoms with E-state index in [1.54, 1.807) is 0 Å². The first-order valence-corrected chi connectivity index (χ1v) is 8.38. The Labute approximate surface area is 156 Å². The summed E-state index contributed by atoms with van der Waals surface area (Å²) >= 11 is 0. The lowest BCUT2D eigenvalue weighted by Gasteiger charge is -2.43. The third kappa shape index (κ3) is 6.82. The Balaban J connectivity index is 0.00000264. The SMILES string of the molecule is CCN(CC(=O)OC(C)(C)C)C1CC(NC2=NCCCN2)C1.I. The van der Waals surface area contributed by atoms with Crippen molar-refractivity contribution in [2.45, 2.75) is 64.6 Å². The van der Waals surface area contributed by atoms with Gasteiger partial charge in [0.25, 0.3) is 0 Å². The molecule has 0 spiro atoms. The summed E-state index contributed by atoms with van der Waals surface area (Å²) in [6.45, 7) is 11.0. The number of hydrogen-bond acceptors (Lipinski definition) is 6. The third-order valence-corrected chi connectivity index (χ3v) is 4.03. The van der Waals surface area contributed by atoms with Gasteiger partial charge >= 0.3 is 5.97 Å². The maximum atomic E-state index is 12.0. The molecule has 0 radical (unpaired) electrons. The number of carbonyl (C=O) groups is 1. The number of ether oxygens (including phenoxy) is 1. The molecule has 6 nitrogen and oxygen atoms in total. The van der Waals surface area contributed by atoms with Crippen LogP contribution in [-0.4, -0.2) is 60.7 Å². The van der Waals surface area contributed by atoms with Crippen LogP contribution >= 0.6 is 24.0 Å². The number of hydrogen-bond donors (Lipinski definition) is 2. The van der Waals surface area contributed by atoms with Gasteiger partial charge in [-0.15, -0.1) is 24.0 Å². The van der Waals surface area contributed by atoms with Crippen LogP contribution in [0.3, 0.4) is 0 Å². The number of likely N-dealkylation sites (N-methyl/N-ethyl adjacent to an activating group) is 1. The molecule has 0 unspecified atom stereocenters. The molecule has 7 heteroatoms. The minimum Gasteiger partial charge on any atom is -0.459 e. The lowest BCUT2D eigenvalue weighted by molar-refractivity contribution is -0.157. The van der Waals surface area contributed by atoms with Gasteiger partial charge in [-0.25, -0.2) is 0 Å². The van der Waals surface area contributed by atoms with E-state index in [0.717, 1.165) is 44.9 Å². The molecule has 23 heavy (non-hydrogen) atoms. The summed E-state index contributed by atoms with van der Waals surface area (Å²) in [6, 6.07) is 0.918. The van der Waals surface area contributed by atoms with E-state index in [2.05, 4.69) is 27.4 Å². The average Bonchev–Trinajstić information content (AvgIpc) is 2.39. The van der Waals surface area contributed by atoms with E-state index in [4.69, 9.17) is 4.74 Å². The van der Waals surface area contributed by atoms with E-state index in [9.17, 15) is 4.79 Å². The second-order valence-electron chi connectivity index (χ2n) is 7.13. The summed E-state index contributed by atoms with van der Waals surface area (Å²) < 4.78 is 5.41. The second kappa shape index (κ2) is 9.05. The van der Waals surface area contributed by atoms with Crippen LogP contribution in [0.1, 0.15) is 47.0 Å². The highest BCUT2D eigenvalue weighted by Gasteiger charge is 2.35. The number of nitrogens with zero attached hydrogens (tertiary/aromatic N) is 2. The monoisotopic (exact) mass is 438 g/mol. The van der Waals surface area contributed by atoms with Gasteiger partial charge in [-0.3, -0.25) is 14.7 Å². The van der Waals surface area contributed by atoms with Gasteiger partial charge < -0.3 is 15.4 Å². The second-order valence-corrected chi connectivity index (χ2v) is 7.13. The Morgan fingerprint density at radius 3 is 2.65 bits per heavy atom. The molecule has 0 saturated heterocycles. The minimum absolute atomic E-state index is 0. The molecular formula is C16H31IN4O2. The van der Waals surface area contributed by atoms with Gasteiger partial charge in [-0.1, -0.05) is 6.92 Å². The number of carbonyl (C=O) groups excluding carboxylic acids is 1. The maximum Gasteiger partial charge on any atom is 0.320 e. The molecule has 0 atom stereocenters. The first-order chi connectivity index (χ1) is 10.4. The van der Waals surface area contributed by atoms with Crippen molar-refractivity contribution < 1.29 is 9.53 Å². The summed E-state index contributed by atoms with van der Waals surface area (Å²) in [4.78, 5) is 18.6. The Kier molecular flexibility index (Phi) is 8.06. The standard InChI is InChI=1S/C16H30N4O2.HI/c1-5-20(11-14(21)22-16(2,3)4)13-9-12(10-13)19-15-17-7-6-8-18-15;/h12-13H,5-11H2,1-4H3,(H2,17,18,19);1H. The van der Waals surface area contributed by atoms with Gasteiger partial charge in [0.15, 0.2) is 5.96 Å². The largest absolute Gasteiger partial charge is 0.459 e. The molecule has 1 aliphatic heterocycles. The fourth-order valence-corrected chi connectivity index (χ4v) is 2.87. The first kappa shape index (κ1) is 20.5. The van der Waals surface area contributed by atoms with E-state index >= 15 is 0 Å². The van der Waals surface area contributed by atoms with Crippen molar-refractivity contribution in [1.82, 2.24) is 15.5 Å². The summed E-state index contributed by atoms with van der Waals surface area (Å²) in [5, 5.41) is 6.74. The van der Waals surface area contributed by atoms with Crippen molar-refractivity contribution in [1.29, 1.82) is 0 Å². The van der Waals surface area contributed by atoms with Crippen molar-refractivity contribution in [2.24, 2.45) is 4.99 Å². The normalized spacial score (nSPS) is 24.0. The summed E-state index contributed by atoms with van der Waals surface area (Å²) in [5.74, 6) is 0.800. The van der Waals surface area contributed by atoms with Gasteiger partial charge in [0.1, 0.15) is 5.60 Å². The summed E-state index contributed by atoms with van der Waals surface area (Å²) in [5.41, 5.74) is -0.412. The van der Waals surface area contributed by atoms with Crippen LogP contribution in [0.4, 0.5) is 0 Å². The Morgan fingerprint density at radius 2 is 2.13 bits per heavy atom. The van der Waals surface area contributed by atoms with Gasteiger partial charge in [-0.2, -0.15) is 0 Å². The maximum absolute atomic E-state index is 12.0. The first-order valence-electron chi connectivity index (χ1n) is 8.38. The Bertz CT molecular complexity index is 417. The van der Waals surface area contributed by atoms with E-state index in [-0.39, 0.29) is 29.9 Å². The molecule has 1 saturated carbocycles. The molecule has 0 aromatic rings. The van der Waals surface area contributed by atoms with E-state index in [0.29, 0.717) is 18.6 Å². The molecule has 0 aromatic carbocycles. The van der Waals surface area contributed by atoms with Crippen molar-refractivity contribution in [2.75, 3.05) is 26.2 Å². The van der Waals surface area contributed by atoms with Gasteiger partial charge in [0, 0.05) is 25.2 Å². The predicted molar refractivity (Wildman–Crippen MR) is 103 cm³/mol. The van der Waals surface area contributed by atoms with Crippen molar-refractivity contribution in [3.8, 4) is 0 Å². The number of halogens is 1. The number of rotatable bonds is 5. The van der Waals surface area contributed by atoms with E-state index in [1.165, 1.54) is 0 Å². The lowest BCUT2D eigenvalue weighted by atomic mass is 9.85. The summed E-state index contributed by atoms with van der Waals surface area (Å²) in [6.07, 6.45) is 3.21. The van der Waals surface area contributed by atoms with Crippen LogP contribution in [0.25, 0.3) is 0 Å². The zero-order valence-electron chi connectivity index (χ0n) is 14.7.